The molecule has 0 aliphatic carbocycles. The molecule has 0 aliphatic heterocycles. The molecule has 0 unspecified atom stereocenters. The van der Waals surface area contributed by atoms with Crippen LogP contribution in [-0.2, 0) is 0 Å². The number of aromatic nitrogens is 1. The lowest BCUT2D eigenvalue weighted by Crippen LogP contribution is -2.02. The molecule has 2 rings (SSSR count). The number of nitrogens with zero attached hydrogens (tertiary/aromatic N) is 1. The predicted molar refractivity (Wildman–Crippen MR) is 77.8 cm³/mol. The van der Waals surface area contributed by atoms with Gasteiger partial charge in [0.15, 0.2) is 5.69 Å². The van der Waals surface area contributed by atoms with E-state index in [1.54, 1.807) is 0 Å². The van der Waals surface area contributed by atoms with Crippen molar-refractivity contribution in [1.82, 2.24) is 4.98 Å². The van der Waals surface area contributed by atoms with Gasteiger partial charge in [-0.3, -0.25) is 0 Å². The Morgan fingerprint density at radius 1 is 1.00 bits per heavy atom. The zero-order valence-electron chi connectivity index (χ0n) is 9.53. The average Bonchev–Trinajstić information content (AvgIpc) is 2.37. The van der Waals surface area contributed by atoms with Crippen LogP contribution in [0.4, 0.5) is 0 Å². The van der Waals surface area contributed by atoms with Crippen LogP contribution in [0.1, 0.15) is 10.5 Å². The van der Waals surface area contributed by atoms with E-state index in [4.69, 9.17) is 56.2 Å². The summed E-state index contributed by atoms with van der Waals surface area (Å²) < 4.78 is 5.38. The first-order chi connectivity index (χ1) is 9.38. The molecule has 2 aromatic rings. The molecule has 20 heavy (non-hydrogen) atoms. The molecule has 0 aliphatic rings. The van der Waals surface area contributed by atoms with Crippen molar-refractivity contribution < 1.29 is 14.6 Å². The molecule has 0 bridgehead atoms. The molecule has 0 atom stereocenters. The van der Waals surface area contributed by atoms with Crippen molar-refractivity contribution in [2.24, 2.45) is 0 Å². The van der Waals surface area contributed by atoms with Gasteiger partial charge in [-0.1, -0.05) is 46.4 Å². The highest BCUT2D eigenvalue weighted by Crippen LogP contribution is 2.36. The molecular weight excluding hydrogens is 348 g/mol. The SMILES string of the molecule is O=C(O)c1nc(Oc2cc(Cl)c(Cl)cc2Cl)ccc1Cl. The zero-order valence-corrected chi connectivity index (χ0v) is 12.6. The molecule has 0 amide bonds. The summed E-state index contributed by atoms with van der Waals surface area (Å²) in [6, 6.07) is 5.59. The van der Waals surface area contributed by atoms with Gasteiger partial charge >= 0.3 is 5.97 Å². The highest BCUT2D eigenvalue weighted by molar-refractivity contribution is 6.43. The third-order valence-corrected chi connectivity index (χ3v) is 3.53. The molecule has 0 spiro atoms. The highest BCUT2D eigenvalue weighted by Gasteiger charge is 2.14. The van der Waals surface area contributed by atoms with Crippen LogP contribution in [0.3, 0.4) is 0 Å². The quantitative estimate of drug-likeness (QED) is 0.772. The smallest absolute Gasteiger partial charge is 0.356 e. The molecule has 0 saturated carbocycles. The average molecular weight is 353 g/mol. The largest absolute Gasteiger partial charge is 0.476 e. The molecule has 1 N–H and O–H groups in total. The van der Waals surface area contributed by atoms with E-state index in [1.807, 2.05) is 0 Å². The summed E-state index contributed by atoms with van der Waals surface area (Å²) in [6.07, 6.45) is 0. The Labute approximate surface area is 133 Å². The van der Waals surface area contributed by atoms with Gasteiger partial charge in [-0.25, -0.2) is 9.78 Å². The number of halogens is 4. The second-order valence-corrected chi connectivity index (χ2v) is 5.21. The van der Waals surface area contributed by atoms with Gasteiger partial charge in [0, 0.05) is 12.1 Å². The summed E-state index contributed by atoms with van der Waals surface area (Å²) in [5.74, 6) is -1.04. The van der Waals surface area contributed by atoms with Crippen LogP contribution in [0.2, 0.25) is 20.1 Å². The van der Waals surface area contributed by atoms with E-state index in [0.29, 0.717) is 0 Å². The number of rotatable bonds is 3. The lowest BCUT2D eigenvalue weighted by atomic mass is 10.3. The van der Waals surface area contributed by atoms with Crippen LogP contribution in [0, 0.1) is 0 Å². The molecule has 0 radical (unpaired) electrons. The number of carbonyl (C=O) groups is 1. The van der Waals surface area contributed by atoms with Crippen molar-refractivity contribution in [3.05, 3.63) is 50.0 Å². The molecule has 104 valence electrons. The normalized spacial score (nSPS) is 10.4. The van der Waals surface area contributed by atoms with Gasteiger partial charge in [-0.2, -0.15) is 0 Å². The molecular formula is C12H5Cl4NO3. The van der Waals surface area contributed by atoms with Crippen molar-refractivity contribution in [1.29, 1.82) is 0 Å². The Morgan fingerprint density at radius 3 is 2.30 bits per heavy atom. The van der Waals surface area contributed by atoms with Gasteiger partial charge in [0.2, 0.25) is 5.88 Å². The Morgan fingerprint density at radius 2 is 1.65 bits per heavy atom. The summed E-state index contributed by atoms with van der Waals surface area (Å²) in [7, 11) is 0. The number of hydrogen-bond acceptors (Lipinski definition) is 3. The van der Waals surface area contributed by atoms with Crippen molar-refractivity contribution in [3.8, 4) is 11.6 Å². The molecule has 1 aromatic heterocycles. The number of carboxylic acids is 1. The molecule has 1 aromatic carbocycles. The number of benzene rings is 1. The van der Waals surface area contributed by atoms with E-state index in [0.717, 1.165) is 0 Å². The monoisotopic (exact) mass is 351 g/mol. The number of aromatic carboxylic acids is 1. The first kappa shape index (κ1) is 15.2. The van der Waals surface area contributed by atoms with Gasteiger partial charge in [-0.15, -0.1) is 0 Å². The number of pyridine rings is 1. The van der Waals surface area contributed by atoms with Crippen LogP contribution < -0.4 is 4.74 Å². The molecule has 1 heterocycles. The minimum absolute atomic E-state index is 0.00471. The lowest BCUT2D eigenvalue weighted by Gasteiger charge is -2.09. The van der Waals surface area contributed by atoms with Gasteiger partial charge in [-0.05, 0) is 12.1 Å². The van der Waals surface area contributed by atoms with E-state index in [-0.39, 0.29) is 37.4 Å². The third kappa shape index (κ3) is 3.27. The molecule has 0 saturated heterocycles. The number of hydrogen-bond donors (Lipinski definition) is 1. The maximum Gasteiger partial charge on any atom is 0.356 e. The minimum Gasteiger partial charge on any atom is -0.476 e. The van der Waals surface area contributed by atoms with Crippen molar-refractivity contribution in [2.45, 2.75) is 0 Å². The third-order valence-electron chi connectivity index (χ3n) is 2.21. The first-order valence-electron chi connectivity index (χ1n) is 5.10. The summed E-state index contributed by atoms with van der Waals surface area (Å²) in [4.78, 5) is 14.7. The fourth-order valence-corrected chi connectivity index (χ4v) is 2.09. The second kappa shape index (κ2) is 6.06. The maximum atomic E-state index is 10.9. The Balaban J connectivity index is 2.38. The fraction of sp³-hybridized carbons (Fsp3) is 0. The number of carboxylic acid groups (broad SMARTS) is 1. The summed E-state index contributed by atoms with van der Waals surface area (Å²) in [5.41, 5.74) is -0.319. The minimum atomic E-state index is -1.26. The molecule has 8 heteroatoms. The topological polar surface area (TPSA) is 59.4 Å². The second-order valence-electron chi connectivity index (χ2n) is 3.58. The van der Waals surface area contributed by atoms with Gasteiger partial charge in [0.25, 0.3) is 0 Å². The predicted octanol–water partition coefficient (Wildman–Crippen LogP) is 5.19. The standard InChI is InChI=1S/C12H5Cl4NO3/c13-5-1-2-10(17-11(5)12(18)19)20-9-4-7(15)6(14)3-8(9)16/h1-4H,(H,18,19). The highest BCUT2D eigenvalue weighted by atomic mass is 35.5. The van der Waals surface area contributed by atoms with Gasteiger partial charge in [0.1, 0.15) is 5.75 Å². The van der Waals surface area contributed by atoms with E-state index < -0.39 is 5.97 Å². The zero-order chi connectivity index (χ0) is 14.9. The van der Waals surface area contributed by atoms with Crippen LogP contribution in [0.25, 0.3) is 0 Å². The van der Waals surface area contributed by atoms with E-state index in [2.05, 4.69) is 4.98 Å². The Hall–Kier alpha value is -1.20. The summed E-state index contributed by atoms with van der Waals surface area (Å²) in [5, 5.41) is 9.67. The number of ether oxygens (including phenoxy) is 1. The van der Waals surface area contributed by atoms with Gasteiger partial charge in [0.05, 0.1) is 20.1 Å². The van der Waals surface area contributed by atoms with Crippen molar-refractivity contribution in [2.75, 3.05) is 0 Å². The van der Waals surface area contributed by atoms with Crippen LogP contribution in [0.15, 0.2) is 24.3 Å². The Kier molecular flexibility index (Phi) is 4.60. The first-order valence-corrected chi connectivity index (χ1v) is 6.62. The van der Waals surface area contributed by atoms with Crippen molar-refractivity contribution in [3.63, 3.8) is 0 Å². The van der Waals surface area contributed by atoms with Crippen LogP contribution in [-0.4, -0.2) is 16.1 Å². The van der Waals surface area contributed by atoms with E-state index >= 15 is 0 Å². The van der Waals surface area contributed by atoms with Gasteiger partial charge < -0.3 is 9.84 Å². The maximum absolute atomic E-state index is 10.9. The summed E-state index contributed by atoms with van der Waals surface area (Å²) in [6.45, 7) is 0. The van der Waals surface area contributed by atoms with Crippen molar-refractivity contribution >= 4 is 52.4 Å². The Bertz CT molecular complexity index is 691. The van der Waals surface area contributed by atoms with Crippen LogP contribution in [0.5, 0.6) is 11.6 Å². The van der Waals surface area contributed by atoms with Crippen LogP contribution >= 0.6 is 46.4 Å². The van der Waals surface area contributed by atoms with E-state index in [1.165, 1.54) is 24.3 Å². The summed E-state index contributed by atoms with van der Waals surface area (Å²) >= 11 is 23.3. The fourth-order valence-electron chi connectivity index (χ4n) is 1.33. The van der Waals surface area contributed by atoms with E-state index in [9.17, 15) is 4.79 Å². The molecule has 0 fully saturated rings. The lowest BCUT2D eigenvalue weighted by molar-refractivity contribution is 0.0690. The molecule has 4 nitrogen and oxygen atoms in total.